The number of hydrogen-bond donors (Lipinski definition) is 4. The Morgan fingerprint density at radius 3 is 2.50 bits per heavy atom. The first-order chi connectivity index (χ1) is 8.33. The minimum absolute atomic E-state index is 0.311. The maximum absolute atomic E-state index is 11.4. The topological polar surface area (TPSA) is 98.7 Å². The van der Waals surface area contributed by atoms with Crippen LogP contribution in [0.25, 0.3) is 0 Å². The summed E-state index contributed by atoms with van der Waals surface area (Å²) in [5.41, 5.74) is -1.93. The van der Waals surface area contributed by atoms with E-state index in [0.29, 0.717) is 18.4 Å². The van der Waals surface area contributed by atoms with Crippen molar-refractivity contribution in [1.82, 2.24) is 10.6 Å². The van der Waals surface area contributed by atoms with Crippen LogP contribution in [0, 0.1) is 11.8 Å². The predicted octanol–water partition coefficient (Wildman–Crippen LogP) is 0.557. The third kappa shape index (κ3) is 4.18. The number of carbonyl (C=O) groups is 2. The summed E-state index contributed by atoms with van der Waals surface area (Å²) >= 11 is 0. The fourth-order valence-electron chi connectivity index (χ4n) is 2.14. The van der Waals surface area contributed by atoms with E-state index in [1.807, 2.05) is 0 Å². The van der Waals surface area contributed by atoms with Gasteiger partial charge in [-0.2, -0.15) is 0 Å². The highest BCUT2D eigenvalue weighted by Gasteiger charge is 2.30. The molecule has 4 N–H and O–H groups in total. The lowest BCUT2D eigenvalue weighted by molar-refractivity contribution is -0.155. The molecule has 0 aromatic heterocycles. The number of aliphatic hydroxyl groups is 1. The zero-order valence-corrected chi connectivity index (χ0v) is 10.9. The van der Waals surface area contributed by atoms with Gasteiger partial charge in [0.15, 0.2) is 5.60 Å². The highest BCUT2D eigenvalue weighted by Crippen LogP contribution is 2.30. The molecule has 6 nitrogen and oxygen atoms in total. The van der Waals surface area contributed by atoms with Gasteiger partial charge in [-0.1, -0.05) is 19.8 Å². The van der Waals surface area contributed by atoms with Crippen LogP contribution >= 0.6 is 0 Å². The Morgan fingerprint density at radius 2 is 2.00 bits per heavy atom. The van der Waals surface area contributed by atoms with Crippen LogP contribution in [0.15, 0.2) is 0 Å². The highest BCUT2D eigenvalue weighted by molar-refractivity contribution is 5.79. The van der Waals surface area contributed by atoms with Crippen molar-refractivity contribution in [3.8, 4) is 0 Å². The van der Waals surface area contributed by atoms with Gasteiger partial charge in [-0.05, 0) is 25.2 Å². The predicted molar refractivity (Wildman–Crippen MR) is 66.2 cm³/mol. The van der Waals surface area contributed by atoms with Gasteiger partial charge in [-0.3, -0.25) is 0 Å². The van der Waals surface area contributed by atoms with Crippen LogP contribution in [0.1, 0.15) is 33.1 Å². The van der Waals surface area contributed by atoms with E-state index in [9.17, 15) is 14.7 Å². The standard InChI is InChI=1S/C12H22N2O4/c1-8-4-3-5-9(8)6-13-11(17)14-7-12(2,18)10(15)16/h8-9,18H,3-7H2,1-2H3,(H,15,16)(H2,13,14,17). The lowest BCUT2D eigenvalue weighted by atomic mass is 9.98. The minimum Gasteiger partial charge on any atom is -0.479 e. The van der Waals surface area contributed by atoms with Crippen molar-refractivity contribution in [3.05, 3.63) is 0 Å². The normalized spacial score (nSPS) is 26.4. The molecule has 0 heterocycles. The third-order valence-electron chi connectivity index (χ3n) is 3.62. The van der Waals surface area contributed by atoms with Gasteiger partial charge >= 0.3 is 12.0 Å². The molecule has 18 heavy (non-hydrogen) atoms. The molecular formula is C12H22N2O4. The molecule has 1 aliphatic rings. The van der Waals surface area contributed by atoms with Crippen LogP contribution in [0.3, 0.4) is 0 Å². The smallest absolute Gasteiger partial charge is 0.337 e. The summed E-state index contributed by atoms with van der Waals surface area (Å²) in [6, 6.07) is -0.435. The van der Waals surface area contributed by atoms with Crippen molar-refractivity contribution in [2.45, 2.75) is 38.7 Å². The van der Waals surface area contributed by atoms with Gasteiger partial charge < -0.3 is 20.8 Å². The fourth-order valence-corrected chi connectivity index (χ4v) is 2.14. The van der Waals surface area contributed by atoms with Gasteiger partial charge in [-0.15, -0.1) is 0 Å². The molecule has 0 aromatic carbocycles. The van der Waals surface area contributed by atoms with E-state index >= 15 is 0 Å². The first-order valence-electron chi connectivity index (χ1n) is 6.30. The first-order valence-corrected chi connectivity index (χ1v) is 6.30. The number of aliphatic carboxylic acids is 1. The van der Waals surface area contributed by atoms with E-state index in [2.05, 4.69) is 17.6 Å². The van der Waals surface area contributed by atoms with Gasteiger partial charge in [0.05, 0.1) is 6.54 Å². The van der Waals surface area contributed by atoms with Crippen LogP contribution in [0.4, 0.5) is 4.79 Å². The summed E-state index contributed by atoms with van der Waals surface area (Å²) in [5.74, 6) is -0.240. The van der Waals surface area contributed by atoms with Gasteiger partial charge in [-0.25, -0.2) is 9.59 Å². The van der Waals surface area contributed by atoms with Gasteiger partial charge in [0.2, 0.25) is 0 Å². The number of hydrogen-bond acceptors (Lipinski definition) is 3. The zero-order valence-electron chi connectivity index (χ0n) is 10.9. The Bertz CT molecular complexity index is 317. The summed E-state index contributed by atoms with van der Waals surface area (Å²) in [4.78, 5) is 22.1. The van der Waals surface area contributed by atoms with E-state index in [0.717, 1.165) is 13.3 Å². The summed E-state index contributed by atoms with van der Waals surface area (Å²) < 4.78 is 0. The largest absolute Gasteiger partial charge is 0.479 e. The van der Waals surface area contributed by atoms with Crippen molar-refractivity contribution < 1.29 is 19.8 Å². The Kier molecular flexibility index (Phi) is 4.95. The maximum Gasteiger partial charge on any atom is 0.337 e. The second kappa shape index (κ2) is 6.04. The number of carbonyl (C=O) groups excluding carboxylic acids is 1. The Morgan fingerprint density at radius 1 is 1.33 bits per heavy atom. The molecule has 3 atom stereocenters. The SMILES string of the molecule is CC1CCCC1CNC(=O)NCC(C)(O)C(=O)O. The van der Waals surface area contributed by atoms with Crippen molar-refractivity contribution in [2.75, 3.05) is 13.1 Å². The Balaban J connectivity index is 2.24. The molecule has 0 aliphatic heterocycles. The monoisotopic (exact) mass is 258 g/mol. The number of carboxylic acid groups (broad SMARTS) is 1. The molecule has 104 valence electrons. The fraction of sp³-hybridized carbons (Fsp3) is 0.833. The van der Waals surface area contributed by atoms with E-state index in [4.69, 9.17) is 5.11 Å². The van der Waals surface area contributed by atoms with E-state index in [1.54, 1.807) is 0 Å². The average molecular weight is 258 g/mol. The molecule has 0 aromatic rings. The molecule has 0 bridgehead atoms. The summed E-state index contributed by atoms with van der Waals surface area (Å²) in [6.07, 6.45) is 3.51. The lowest BCUT2D eigenvalue weighted by Gasteiger charge is -2.20. The molecule has 3 unspecified atom stereocenters. The third-order valence-corrected chi connectivity index (χ3v) is 3.62. The Hall–Kier alpha value is -1.30. The maximum atomic E-state index is 11.4. The zero-order chi connectivity index (χ0) is 13.8. The second-order valence-electron chi connectivity index (χ2n) is 5.31. The van der Waals surface area contributed by atoms with Crippen molar-refractivity contribution in [1.29, 1.82) is 0 Å². The van der Waals surface area contributed by atoms with E-state index in [1.165, 1.54) is 12.8 Å². The van der Waals surface area contributed by atoms with Gasteiger partial charge in [0.1, 0.15) is 0 Å². The molecule has 6 heteroatoms. The molecule has 1 saturated carbocycles. The van der Waals surface area contributed by atoms with Crippen molar-refractivity contribution in [2.24, 2.45) is 11.8 Å². The average Bonchev–Trinajstić information content (AvgIpc) is 2.69. The summed E-state index contributed by atoms with van der Waals surface area (Å²) in [5, 5.41) is 23.2. The molecule has 1 aliphatic carbocycles. The van der Waals surface area contributed by atoms with Crippen LogP contribution in [0.5, 0.6) is 0 Å². The molecular weight excluding hydrogens is 236 g/mol. The Labute approximate surface area is 107 Å². The number of carboxylic acids is 1. The van der Waals surface area contributed by atoms with Gasteiger partial charge in [0.25, 0.3) is 0 Å². The second-order valence-corrected chi connectivity index (χ2v) is 5.31. The first kappa shape index (κ1) is 14.8. The van der Waals surface area contributed by atoms with Crippen LogP contribution < -0.4 is 10.6 Å². The molecule has 0 spiro atoms. The number of nitrogens with one attached hydrogen (secondary N) is 2. The van der Waals surface area contributed by atoms with E-state index in [-0.39, 0.29) is 6.54 Å². The summed E-state index contributed by atoms with van der Waals surface area (Å²) in [6.45, 7) is 3.61. The lowest BCUT2D eigenvalue weighted by Crippen LogP contribution is -2.49. The molecule has 0 saturated heterocycles. The summed E-state index contributed by atoms with van der Waals surface area (Å²) in [7, 11) is 0. The number of rotatable bonds is 5. The number of amides is 2. The van der Waals surface area contributed by atoms with E-state index < -0.39 is 17.6 Å². The van der Waals surface area contributed by atoms with Crippen LogP contribution in [-0.2, 0) is 4.79 Å². The quantitative estimate of drug-likeness (QED) is 0.579. The van der Waals surface area contributed by atoms with Crippen molar-refractivity contribution in [3.63, 3.8) is 0 Å². The number of urea groups is 1. The van der Waals surface area contributed by atoms with Crippen molar-refractivity contribution >= 4 is 12.0 Å². The van der Waals surface area contributed by atoms with Gasteiger partial charge in [0, 0.05) is 6.54 Å². The van der Waals surface area contributed by atoms with Crippen LogP contribution in [0.2, 0.25) is 0 Å². The van der Waals surface area contributed by atoms with Crippen LogP contribution in [-0.4, -0.2) is 40.9 Å². The minimum atomic E-state index is -1.93. The highest BCUT2D eigenvalue weighted by atomic mass is 16.4. The molecule has 1 rings (SSSR count). The molecule has 1 fully saturated rings. The molecule has 0 radical (unpaired) electrons. The molecule has 2 amide bonds.